The Bertz CT molecular complexity index is 330. The Morgan fingerprint density at radius 2 is 2.18 bits per heavy atom. The maximum absolute atomic E-state index is 5.62. The van der Waals surface area contributed by atoms with Crippen molar-refractivity contribution in [2.45, 2.75) is 20.8 Å². The van der Waals surface area contributed by atoms with Crippen LogP contribution in [0.15, 0.2) is 12.4 Å². The zero-order valence-corrected chi connectivity index (χ0v) is 10.9. The highest BCUT2D eigenvalue weighted by Gasteiger charge is 2.10. The maximum atomic E-state index is 5.62. The first kappa shape index (κ1) is 13.7. The monoisotopic (exact) mass is 238 g/mol. The van der Waals surface area contributed by atoms with Gasteiger partial charge in [-0.05, 0) is 12.8 Å². The van der Waals surface area contributed by atoms with E-state index < -0.39 is 0 Å². The van der Waals surface area contributed by atoms with E-state index in [9.17, 15) is 0 Å². The minimum absolute atomic E-state index is 0.562. The summed E-state index contributed by atoms with van der Waals surface area (Å²) in [5.41, 5.74) is 5.62. The second kappa shape index (κ2) is 7.06. The van der Waals surface area contributed by atoms with Gasteiger partial charge in [-0.1, -0.05) is 13.8 Å². The molecule has 0 spiro atoms. The van der Waals surface area contributed by atoms with Crippen molar-refractivity contribution < 1.29 is 4.74 Å². The molecule has 0 unspecified atom stereocenters. The van der Waals surface area contributed by atoms with Crippen molar-refractivity contribution in [3.8, 4) is 5.88 Å². The molecule has 0 fully saturated rings. The number of anilines is 1. The van der Waals surface area contributed by atoms with Crippen LogP contribution < -0.4 is 15.4 Å². The van der Waals surface area contributed by atoms with Gasteiger partial charge in [-0.2, -0.15) is 0 Å². The number of nitrogens with zero attached hydrogens (tertiary/aromatic N) is 3. The summed E-state index contributed by atoms with van der Waals surface area (Å²) >= 11 is 0. The Morgan fingerprint density at radius 1 is 1.41 bits per heavy atom. The van der Waals surface area contributed by atoms with E-state index in [1.807, 2.05) is 13.0 Å². The van der Waals surface area contributed by atoms with E-state index in [0.29, 0.717) is 24.9 Å². The Morgan fingerprint density at radius 3 is 2.76 bits per heavy atom. The number of rotatable bonds is 7. The molecule has 1 aromatic rings. The average Bonchev–Trinajstić information content (AvgIpc) is 2.29. The predicted octanol–water partition coefficient (Wildman–Crippen LogP) is 1.30. The standard InChI is InChI=1S/C12H22N4O/c1-4-17-12-7-11(14-9-15-12)16(6-5-13)8-10(2)3/h7,9-10H,4-6,8,13H2,1-3H3. The third-order valence-corrected chi connectivity index (χ3v) is 2.23. The fourth-order valence-corrected chi connectivity index (χ4v) is 1.63. The van der Waals surface area contributed by atoms with Gasteiger partial charge in [-0.3, -0.25) is 0 Å². The molecule has 0 aliphatic rings. The van der Waals surface area contributed by atoms with Gasteiger partial charge in [-0.25, -0.2) is 9.97 Å². The highest BCUT2D eigenvalue weighted by Crippen LogP contribution is 2.16. The maximum Gasteiger partial charge on any atom is 0.218 e. The molecular formula is C12H22N4O. The van der Waals surface area contributed by atoms with Crippen molar-refractivity contribution in [1.29, 1.82) is 0 Å². The minimum Gasteiger partial charge on any atom is -0.478 e. The van der Waals surface area contributed by atoms with E-state index in [4.69, 9.17) is 10.5 Å². The van der Waals surface area contributed by atoms with Crippen molar-refractivity contribution in [1.82, 2.24) is 9.97 Å². The van der Waals surface area contributed by atoms with Gasteiger partial charge in [0.25, 0.3) is 0 Å². The lowest BCUT2D eigenvalue weighted by atomic mass is 10.2. The summed E-state index contributed by atoms with van der Waals surface area (Å²) in [6, 6.07) is 1.86. The van der Waals surface area contributed by atoms with Crippen molar-refractivity contribution >= 4 is 5.82 Å². The summed E-state index contributed by atoms with van der Waals surface area (Å²) in [5, 5.41) is 0. The van der Waals surface area contributed by atoms with Gasteiger partial charge >= 0.3 is 0 Å². The van der Waals surface area contributed by atoms with E-state index in [1.54, 1.807) is 0 Å². The first-order valence-electron chi connectivity index (χ1n) is 6.07. The number of hydrogen-bond donors (Lipinski definition) is 1. The lowest BCUT2D eigenvalue weighted by molar-refractivity contribution is 0.326. The number of ether oxygens (including phenoxy) is 1. The van der Waals surface area contributed by atoms with Gasteiger partial charge in [0.05, 0.1) is 6.61 Å². The van der Waals surface area contributed by atoms with Crippen LogP contribution in [-0.4, -0.2) is 36.2 Å². The SMILES string of the molecule is CCOc1cc(N(CCN)CC(C)C)ncn1. The van der Waals surface area contributed by atoms with Gasteiger partial charge < -0.3 is 15.4 Å². The fraction of sp³-hybridized carbons (Fsp3) is 0.667. The van der Waals surface area contributed by atoms with E-state index in [0.717, 1.165) is 18.9 Å². The van der Waals surface area contributed by atoms with Gasteiger partial charge in [-0.15, -0.1) is 0 Å². The van der Waals surface area contributed by atoms with Gasteiger partial charge in [0.1, 0.15) is 12.1 Å². The molecule has 2 N–H and O–H groups in total. The van der Waals surface area contributed by atoms with Crippen LogP contribution in [0.25, 0.3) is 0 Å². The highest BCUT2D eigenvalue weighted by molar-refractivity contribution is 5.40. The molecule has 17 heavy (non-hydrogen) atoms. The molecule has 0 bridgehead atoms. The molecule has 5 nitrogen and oxygen atoms in total. The Kier molecular flexibility index (Phi) is 5.69. The van der Waals surface area contributed by atoms with Gasteiger partial charge in [0, 0.05) is 25.7 Å². The summed E-state index contributed by atoms with van der Waals surface area (Å²) in [7, 11) is 0. The largest absolute Gasteiger partial charge is 0.478 e. The normalized spacial score (nSPS) is 10.6. The van der Waals surface area contributed by atoms with Crippen LogP contribution in [0, 0.1) is 5.92 Å². The summed E-state index contributed by atoms with van der Waals surface area (Å²) in [5.74, 6) is 2.05. The molecule has 96 valence electrons. The van der Waals surface area contributed by atoms with E-state index >= 15 is 0 Å². The van der Waals surface area contributed by atoms with Crippen molar-refractivity contribution in [3.63, 3.8) is 0 Å². The Labute approximate surface area is 103 Å². The molecular weight excluding hydrogens is 216 g/mol. The molecule has 1 aromatic heterocycles. The lowest BCUT2D eigenvalue weighted by Gasteiger charge is -2.25. The molecule has 0 amide bonds. The molecule has 0 aliphatic carbocycles. The second-order valence-corrected chi connectivity index (χ2v) is 4.28. The molecule has 0 radical (unpaired) electrons. The molecule has 0 saturated heterocycles. The summed E-state index contributed by atoms with van der Waals surface area (Å²) < 4.78 is 5.37. The van der Waals surface area contributed by atoms with Crippen LogP contribution in [-0.2, 0) is 0 Å². The predicted molar refractivity (Wildman–Crippen MR) is 69.3 cm³/mol. The molecule has 0 atom stereocenters. The average molecular weight is 238 g/mol. The van der Waals surface area contributed by atoms with E-state index in [-0.39, 0.29) is 0 Å². The fourth-order valence-electron chi connectivity index (χ4n) is 1.63. The van der Waals surface area contributed by atoms with Crippen molar-refractivity contribution in [2.75, 3.05) is 31.1 Å². The van der Waals surface area contributed by atoms with Crippen LogP contribution >= 0.6 is 0 Å². The smallest absolute Gasteiger partial charge is 0.218 e. The third-order valence-electron chi connectivity index (χ3n) is 2.23. The third kappa shape index (κ3) is 4.56. The van der Waals surface area contributed by atoms with Crippen LogP contribution in [0.3, 0.4) is 0 Å². The first-order chi connectivity index (χ1) is 8.17. The molecule has 0 aliphatic heterocycles. The summed E-state index contributed by atoms with van der Waals surface area (Å²) in [4.78, 5) is 10.5. The minimum atomic E-state index is 0.562. The Hall–Kier alpha value is -1.36. The first-order valence-corrected chi connectivity index (χ1v) is 6.07. The van der Waals surface area contributed by atoms with Crippen LogP contribution in [0.5, 0.6) is 5.88 Å². The zero-order valence-electron chi connectivity index (χ0n) is 10.9. The van der Waals surface area contributed by atoms with Gasteiger partial charge in [0.2, 0.25) is 5.88 Å². The lowest BCUT2D eigenvalue weighted by Crippen LogP contribution is -2.33. The van der Waals surface area contributed by atoms with E-state index in [1.165, 1.54) is 6.33 Å². The van der Waals surface area contributed by atoms with Crippen LogP contribution in [0.2, 0.25) is 0 Å². The van der Waals surface area contributed by atoms with Crippen LogP contribution in [0.1, 0.15) is 20.8 Å². The molecule has 1 rings (SSSR count). The quantitative estimate of drug-likeness (QED) is 0.775. The Balaban J connectivity index is 2.81. The molecule has 0 saturated carbocycles. The van der Waals surface area contributed by atoms with Crippen molar-refractivity contribution in [3.05, 3.63) is 12.4 Å². The number of aromatic nitrogens is 2. The van der Waals surface area contributed by atoms with Gasteiger partial charge in [0.15, 0.2) is 0 Å². The second-order valence-electron chi connectivity index (χ2n) is 4.28. The zero-order chi connectivity index (χ0) is 12.7. The highest BCUT2D eigenvalue weighted by atomic mass is 16.5. The van der Waals surface area contributed by atoms with E-state index in [2.05, 4.69) is 28.7 Å². The molecule has 0 aromatic carbocycles. The number of hydrogen-bond acceptors (Lipinski definition) is 5. The molecule has 1 heterocycles. The summed E-state index contributed by atoms with van der Waals surface area (Å²) in [6.07, 6.45) is 1.53. The van der Waals surface area contributed by atoms with Crippen molar-refractivity contribution in [2.24, 2.45) is 11.7 Å². The number of nitrogens with two attached hydrogens (primary N) is 1. The topological polar surface area (TPSA) is 64.3 Å². The van der Waals surface area contributed by atoms with Crippen LogP contribution in [0.4, 0.5) is 5.82 Å². The molecule has 5 heteroatoms. The summed E-state index contributed by atoms with van der Waals surface area (Å²) in [6.45, 7) is 9.23.